The van der Waals surface area contributed by atoms with Gasteiger partial charge in [0.25, 0.3) is 11.8 Å². The summed E-state index contributed by atoms with van der Waals surface area (Å²) in [6.07, 6.45) is 3.99. The van der Waals surface area contributed by atoms with Gasteiger partial charge >= 0.3 is 0 Å². The molecule has 1 saturated carbocycles. The molecule has 194 valence electrons. The van der Waals surface area contributed by atoms with Crippen LogP contribution in [-0.2, 0) is 14.4 Å². The predicted molar refractivity (Wildman–Crippen MR) is 145 cm³/mol. The average Bonchev–Trinajstić information content (AvgIpc) is 3.55. The Morgan fingerprint density at radius 3 is 2.16 bits per heavy atom. The van der Waals surface area contributed by atoms with Crippen molar-refractivity contribution >= 4 is 46.5 Å². The summed E-state index contributed by atoms with van der Waals surface area (Å²) < 4.78 is 18.6. The third-order valence-corrected chi connectivity index (χ3v) is 7.64. The van der Waals surface area contributed by atoms with Crippen LogP contribution in [0.4, 0.5) is 21.5 Å². The van der Waals surface area contributed by atoms with Gasteiger partial charge in [-0.1, -0.05) is 24.6 Å². The van der Waals surface area contributed by atoms with E-state index in [-0.39, 0.29) is 22.4 Å². The summed E-state index contributed by atoms with van der Waals surface area (Å²) in [5, 5.41) is 5.97. The molecule has 7 nitrogen and oxygen atoms in total. The van der Waals surface area contributed by atoms with Crippen molar-refractivity contribution in [3.63, 3.8) is 0 Å². The van der Waals surface area contributed by atoms with Gasteiger partial charge in [-0.2, -0.15) is 0 Å². The molecule has 38 heavy (non-hydrogen) atoms. The van der Waals surface area contributed by atoms with Gasteiger partial charge in [0.1, 0.15) is 22.2 Å². The van der Waals surface area contributed by atoms with Gasteiger partial charge in [-0.25, -0.2) is 9.29 Å². The van der Waals surface area contributed by atoms with Crippen LogP contribution < -0.4 is 20.3 Å². The predicted octanol–water partition coefficient (Wildman–Crippen LogP) is 5.95. The Bertz CT molecular complexity index is 1380. The topological polar surface area (TPSA) is 87.7 Å². The van der Waals surface area contributed by atoms with Gasteiger partial charge in [-0.3, -0.25) is 14.4 Å². The molecule has 0 bridgehead atoms. The smallest absolute Gasteiger partial charge is 0.283 e. The van der Waals surface area contributed by atoms with Crippen LogP contribution >= 0.6 is 11.8 Å². The first-order chi connectivity index (χ1) is 18.4. The minimum absolute atomic E-state index is 0.0306. The Labute approximate surface area is 224 Å². The highest BCUT2D eigenvalue weighted by atomic mass is 32.2. The first kappa shape index (κ1) is 25.5. The Morgan fingerprint density at radius 1 is 0.895 bits per heavy atom. The molecule has 3 aromatic rings. The second kappa shape index (κ2) is 11.1. The van der Waals surface area contributed by atoms with Gasteiger partial charge in [0.15, 0.2) is 0 Å². The molecule has 3 amide bonds. The highest BCUT2D eigenvalue weighted by molar-refractivity contribution is 8.04. The minimum atomic E-state index is -0.521. The highest BCUT2D eigenvalue weighted by Gasteiger charge is 2.40. The Kier molecular flexibility index (Phi) is 7.46. The molecule has 3 aromatic carbocycles. The van der Waals surface area contributed by atoms with Crippen LogP contribution in [0.2, 0.25) is 0 Å². The van der Waals surface area contributed by atoms with E-state index >= 15 is 0 Å². The van der Waals surface area contributed by atoms with Crippen molar-refractivity contribution in [2.45, 2.75) is 30.6 Å². The lowest BCUT2D eigenvalue weighted by Crippen LogP contribution is -2.32. The lowest BCUT2D eigenvalue weighted by atomic mass is 10.1. The molecule has 0 radical (unpaired) electrons. The number of hydrogen-bond acceptors (Lipinski definition) is 6. The van der Waals surface area contributed by atoms with Crippen LogP contribution in [0.15, 0.2) is 88.3 Å². The van der Waals surface area contributed by atoms with Gasteiger partial charge in [0.2, 0.25) is 5.91 Å². The summed E-state index contributed by atoms with van der Waals surface area (Å²) in [5.41, 5.74) is 1.65. The van der Waals surface area contributed by atoms with E-state index in [0.29, 0.717) is 22.8 Å². The zero-order chi connectivity index (χ0) is 26.6. The molecule has 5 rings (SSSR count). The number of benzene rings is 3. The van der Waals surface area contributed by atoms with E-state index in [4.69, 9.17) is 4.74 Å². The molecule has 0 unspecified atom stereocenters. The summed E-state index contributed by atoms with van der Waals surface area (Å²) in [4.78, 5) is 41.5. The number of rotatable bonds is 8. The Morgan fingerprint density at radius 2 is 1.53 bits per heavy atom. The van der Waals surface area contributed by atoms with E-state index in [2.05, 4.69) is 10.6 Å². The maximum absolute atomic E-state index is 13.5. The normalized spacial score (nSPS) is 15.8. The van der Waals surface area contributed by atoms with E-state index in [9.17, 15) is 18.8 Å². The zero-order valence-electron chi connectivity index (χ0n) is 20.7. The van der Waals surface area contributed by atoms with Crippen LogP contribution in [-0.4, -0.2) is 24.8 Å². The van der Waals surface area contributed by atoms with E-state index in [1.807, 2.05) is 0 Å². The van der Waals surface area contributed by atoms with Gasteiger partial charge < -0.3 is 15.4 Å². The van der Waals surface area contributed by atoms with Crippen molar-refractivity contribution in [3.8, 4) is 5.75 Å². The Balaban J connectivity index is 1.40. The van der Waals surface area contributed by atoms with E-state index in [1.54, 1.807) is 48.5 Å². The summed E-state index contributed by atoms with van der Waals surface area (Å²) in [5.74, 6) is -0.725. The van der Waals surface area contributed by atoms with Crippen molar-refractivity contribution in [1.82, 2.24) is 0 Å². The van der Waals surface area contributed by atoms with Gasteiger partial charge in [0, 0.05) is 22.2 Å². The quantitative estimate of drug-likeness (QED) is 0.349. The fraction of sp³-hybridized carbons (Fsp3) is 0.207. The number of amides is 3. The molecular weight excluding hydrogens is 505 g/mol. The monoisotopic (exact) mass is 531 g/mol. The summed E-state index contributed by atoms with van der Waals surface area (Å²) >= 11 is 1.15. The third kappa shape index (κ3) is 5.43. The largest absolute Gasteiger partial charge is 0.497 e. The first-order valence-corrected chi connectivity index (χ1v) is 13.1. The van der Waals surface area contributed by atoms with Crippen molar-refractivity contribution < 1.29 is 23.5 Å². The van der Waals surface area contributed by atoms with Crippen LogP contribution in [0.1, 0.15) is 25.7 Å². The number of hydrogen-bond donors (Lipinski definition) is 2. The number of nitrogens with zero attached hydrogens (tertiary/aromatic N) is 1. The molecule has 1 heterocycles. The van der Waals surface area contributed by atoms with Crippen LogP contribution in [0.3, 0.4) is 0 Å². The van der Waals surface area contributed by atoms with Crippen LogP contribution in [0.25, 0.3) is 0 Å². The number of methoxy groups -OCH3 is 1. The molecular formula is C29H26FN3O4S. The molecule has 0 spiro atoms. The third-order valence-electron chi connectivity index (χ3n) is 6.55. The molecule has 1 aliphatic heterocycles. The van der Waals surface area contributed by atoms with Gasteiger partial charge in [-0.05, 0) is 85.6 Å². The minimum Gasteiger partial charge on any atom is -0.497 e. The lowest BCUT2D eigenvalue weighted by Gasteiger charge is -2.15. The molecule has 0 aromatic heterocycles. The number of carbonyl (C=O) groups is 3. The fourth-order valence-corrected chi connectivity index (χ4v) is 5.44. The van der Waals surface area contributed by atoms with E-state index in [0.717, 1.165) is 47.2 Å². The van der Waals surface area contributed by atoms with Crippen LogP contribution in [0.5, 0.6) is 5.75 Å². The number of imide groups is 1. The molecule has 0 saturated heterocycles. The van der Waals surface area contributed by atoms with E-state index < -0.39 is 17.6 Å². The summed E-state index contributed by atoms with van der Waals surface area (Å²) in [7, 11) is 1.54. The first-order valence-electron chi connectivity index (χ1n) is 12.3. The van der Waals surface area contributed by atoms with Crippen molar-refractivity contribution in [3.05, 3.63) is 89.2 Å². The van der Waals surface area contributed by atoms with Gasteiger partial charge in [-0.15, -0.1) is 0 Å². The maximum Gasteiger partial charge on any atom is 0.283 e. The second-order valence-electron chi connectivity index (χ2n) is 9.08. The van der Waals surface area contributed by atoms with Gasteiger partial charge in [0.05, 0.1) is 12.8 Å². The highest BCUT2D eigenvalue weighted by Crippen LogP contribution is 2.38. The average molecular weight is 532 g/mol. The molecule has 1 aliphatic carbocycles. The fourth-order valence-electron chi connectivity index (χ4n) is 4.51. The Hall–Kier alpha value is -4.11. The molecule has 0 atom stereocenters. The van der Waals surface area contributed by atoms with Crippen molar-refractivity contribution in [2.24, 2.45) is 5.92 Å². The number of halogens is 1. The molecule has 2 N–H and O–H groups in total. The van der Waals surface area contributed by atoms with Crippen molar-refractivity contribution in [1.29, 1.82) is 0 Å². The molecule has 2 aliphatic rings. The summed E-state index contributed by atoms with van der Waals surface area (Å²) in [6, 6.07) is 19.3. The molecule has 9 heteroatoms. The number of thioether (sulfide) groups is 1. The maximum atomic E-state index is 13.5. The van der Waals surface area contributed by atoms with E-state index in [1.165, 1.54) is 31.4 Å². The molecule has 1 fully saturated rings. The number of anilines is 3. The summed E-state index contributed by atoms with van der Waals surface area (Å²) in [6.45, 7) is 0. The SMILES string of the molecule is COc1ccc(N2C(=O)C(Nc3ccc(F)cc3)=C(Sc3ccc(NC(=O)C4CCCC4)cc3)C2=O)cc1. The number of ether oxygens (including phenoxy) is 1. The lowest BCUT2D eigenvalue weighted by molar-refractivity contribution is -0.121. The standard InChI is InChI=1S/C29H26FN3O4S/c1-37-23-14-12-22(13-15-23)33-28(35)25(31-20-8-6-19(30)7-9-20)26(29(33)36)38-24-16-10-21(11-17-24)32-27(34)18-4-2-3-5-18/h6-18,31H,2-5H2,1H3,(H,32,34). The number of nitrogens with one attached hydrogen (secondary N) is 2. The second-order valence-corrected chi connectivity index (χ2v) is 10.2. The zero-order valence-corrected chi connectivity index (χ0v) is 21.5. The number of carbonyl (C=O) groups excluding carboxylic acids is 3. The van der Waals surface area contributed by atoms with Crippen molar-refractivity contribution in [2.75, 3.05) is 22.6 Å². The van der Waals surface area contributed by atoms with Crippen LogP contribution in [0, 0.1) is 11.7 Å².